The Morgan fingerprint density at radius 3 is 3.04 bits per heavy atom. The summed E-state index contributed by atoms with van der Waals surface area (Å²) in [5.41, 5.74) is 1.94. The number of aryl methyl sites for hydroxylation is 2. The first kappa shape index (κ1) is 16.1. The minimum absolute atomic E-state index is 0.0239. The molecule has 0 fully saturated rings. The standard InChI is InChI=1S/C18H20ClN5O/c19-13-5-6-15-14(12-13)16(7-9-21-15)20-8-3-11-24-18(25)23-10-2-1-4-17(23)22-24/h5-7,9,12H,1-4,8,10-11H2,(H,20,21). The summed E-state index contributed by atoms with van der Waals surface area (Å²) < 4.78 is 3.42. The zero-order valence-corrected chi connectivity index (χ0v) is 14.7. The summed E-state index contributed by atoms with van der Waals surface area (Å²) in [6.45, 7) is 2.17. The highest BCUT2D eigenvalue weighted by molar-refractivity contribution is 6.31. The molecule has 3 heterocycles. The van der Waals surface area contributed by atoms with Gasteiger partial charge >= 0.3 is 5.69 Å². The average Bonchev–Trinajstić information content (AvgIpc) is 2.95. The third kappa shape index (κ3) is 3.26. The van der Waals surface area contributed by atoms with E-state index in [1.54, 1.807) is 10.9 Å². The number of hydrogen-bond donors (Lipinski definition) is 1. The number of aromatic nitrogens is 4. The van der Waals surface area contributed by atoms with E-state index < -0.39 is 0 Å². The van der Waals surface area contributed by atoms with Crippen molar-refractivity contribution in [1.82, 2.24) is 19.3 Å². The minimum atomic E-state index is 0.0239. The largest absolute Gasteiger partial charge is 0.384 e. The Bertz CT molecular complexity index is 962. The third-order valence-corrected chi connectivity index (χ3v) is 4.83. The molecule has 0 saturated carbocycles. The van der Waals surface area contributed by atoms with Crippen molar-refractivity contribution in [2.24, 2.45) is 0 Å². The highest BCUT2D eigenvalue weighted by atomic mass is 35.5. The molecule has 3 aromatic rings. The SMILES string of the molecule is O=c1n(CCCNc2ccnc3ccc(Cl)cc23)nc2n1CCCC2. The van der Waals surface area contributed by atoms with Crippen molar-refractivity contribution in [3.8, 4) is 0 Å². The summed E-state index contributed by atoms with van der Waals surface area (Å²) in [6, 6.07) is 7.62. The van der Waals surface area contributed by atoms with Gasteiger partial charge in [-0.15, -0.1) is 0 Å². The van der Waals surface area contributed by atoms with E-state index in [-0.39, 0.29) is 5.69 Å². The van der Waals surface area contributed by atoms with Crippen LogP contribution in [0, 0.1) is 0 Å². The van der Waals surface area contributed by atoms with Crippen LogP contribution in [0.2, 0.25) is 5.02 Å². The maximum absolute atomic E-state index is 12.3. The van der Waals surface area contributed by atoms with Crippen molar-refractivity contribution in [3.63, 3.8) is 0 Å². The highest BCUT2D eigenvalue weighted by Crippen LogP contribution is 2.24. The van der Waals surface area contributed by atoms with Crippen molar-refractivity contribution >= 4 is 28.2 Å². The molecule has 0 spiro atoms. The lowest BCUT2D eigenvalue weighted by Gasteiger charge is -2.09. The molecule has 1 aliphatic heterocycles. The number of nitrogens with zero attached hydrogens (tertiary/aromatic N) is 4. The number of halogens is 1. The number of pyridine rings is 1. The lowest BCUT2D eigenvalue weighted by molar-refractivity contribution is 0.510. The van der Waals surface area contributed by atoms with Crippen molar-refractivity contribution < 1.29 is 0 Å². The highest BCUT2D eigenvalue weighted by Gasteiger charge is 2.16. The summed E-state index contributed by atoms with van der Waals surface area (Å²) >= 11 is 6.09. The van der Waals surface area contributed by atoms with Crippen LogP contribution in [0.5, 0.6) is 0 Å². The number of benzene rings is 1. The molecule has 0 atom stereocenters. The van der Waals surface area contributed by atoms with E-state index in [2.05, 4.69) is 15.4 Å². The van der Waals surface area contributed by atoms with Crippen LogP contribution >= 0.6 is 11.6 Å². The summed E-state index contributed by atoms with van der Waals surface area (Å²) in [7, 11) is 0. The molecular formula is C18H20ClN5O. The molecule has 25 heavy (non-hydrogen) atoms. The molecule has 0 saturated heterocycles. The predicted molar refractivity (Wildman–Crippen MR) is 99.3 cm³/mol. The molecule has 0 aliphatic carbocycles. The van der Waals surface area contributed by atoms with Gasteiger partial charge in [-0.3, -0.25) is 9.55 Å². The molecule has 4 rings (SSSR count). The Hall–Kier alpha value is -2.34. The number of rotatable bonds is 5. The quantitative estimate of drug-likeness (QED) is 0.713. The summed E-state index contributed by atoms with van der Waals surface area (Å²) in [6.07, 6.45) is 5.70. The lowest BCUT2D eigenvalue weighted by Crippen LogP contribution is -2.27. The Balaban J connectivity index is 1.41. The molecule has 130 valence electrons. The van der Waals surface area contributed by atoms with Gasteiger partial charge in [-0.2, -0.15) is 5.10 Å². The lowest BCUT2D eigenvalue weighted by atomic mass is 10.2. The van der Waals surface area contributed by atoms with Crippen molar-refractivity contribution in [3.05, 3.63) is 51.8 Å². The van der Waals surface area contributed by atoms with Gasteiger partial charge in [0.05, 0.1) is 5.52 Å². The Labute approximate surface area is 150 Å². The number of nitrogens with one attached hydrogen (secondary N) is 1. The van der Waals surface area contributed by atoms with Gasteiger partial charge in [-0.25, -0.2) is 9.48 Å². The normalized spacial score (nSPS) is 13.8. The van der Waals surface area contributed by atoms with Crippen LogP contribution in [0.25, 0.3) is 10.9 Å². The van der Waals surface area contributed by atoms with Crippen LogP contribution in [-0.2, 0) is 19.5 Å². The smallest absolute Gasteiger partial charge is 0.345 e. The first-order valence-corrected chi connectivity index (χ1v) is 9.05. The third-order valence-electron chi connectivity index (χ3n) is 4.60. The first-order chi connectivity index (χ1) is 12.2. The summed E-state index contributed by atoms with van der Waals surface area (Å²) in [5, 5.41) is 9.58. The minimum Gasteiger partial charge on any atom is -0.384 e. The second-order valence-electron chi connectivity index (χ2n) is 6.33. The van der Waals surface area contributed by atoms with E-state index in [1.807, 2.05) is 28.8 Å². The molecule has 0 radical (unpaired) electrons. The van der Waals surface area contributed by atoms with E-state index in [4.69, 9.17) is 11.6 Å². The van der Waals surface area contributed by atoms with Gasteiger partial charge < -0.3 is 5.32 Å². The Morgan fingerprint density at radius 2 is 2.16 bits per heavy atom. The van der Waals surface area contributed by atoms with Crippen LogP contribution in [0.1, 0.15) is 25.1 Å². The summed E-state index contributed by atoms with van der Waals surface area (Å²) in [5.74, 6) is 0.930. The fourth-order valence-electron chi connectivity index (χ4n) is 3.32. The van der Waals surface area contributed by atoms with Gasteiger partial charge in [0.15, 0.2) is 0 Å². The van der Waals surface area contributed by atoms with Crippen LogP contribution in [-0.4, -0.2) is 25.9 Å². The van der Waals surface area contributed by atoms with Gasteiger partial charge in [0.1, 0.15) is 5.82 Å². The Morgan fingerprint density at radius 1 is 1.24 bits per heavy atom. The molecule has 0 bridgehead atoms. The molecule has 0 amide bonds. The number of anilines is 1. The maximum Gasteiger partial charge on any atom is 0.345 e. The van der Waals surface area contributed by atoms with E-state index >= 15 is 0 Å². The predicted octanol–water partition coefficient (Wildman–Crippen LogP) is 3.08. The second-order valence-corrected chi connectivity index (χ2v) is 6.77. The van der Waals surface area contributed by atoms with Gasteiger partial charge in [0.2, 0.25) is 0 Å². The summed E-state index contributed by atoms with van der Waals surface area (Å²) in [4.78, 5) is 16.7. The number of fused-ring (bicyclic) bond motifs is 2. The van der Waals surface area contributed by atoms with Gasteiger partial charge in [-0.1, -0.05) is 11.6 Å². The van der Waals surface area contributed by atoms with Crippen LogP contribution in [0.4, 0.5) is 5.69 Å². The molecule has 1 N–H and O–H groups in total. The number of hydrogen-bond acceptors (Lipinski definition) is 4. The van der Waals surface area contributed by atoms with Gasteiger partial charge in [0, 0.05) is 48.3 Å². The van der Waals surface area contributed by atoms with Crippen LogP contribution in [0.15, 0.2) is 35.3 Å². The molecular weight excluding hydrogens is 338 g/mol. The first-order valence-electron chi connectivity index (χ1n) is 8.67. The van der Waals surface area contributed by atoms with E-state index in [9.17, 15) is 4.79 Å². The van der Waals surface area contributed by atoms with Crippen molar-refractivity contribution in [2.45, 2.75) is 38.8 Å². The van der Waals surface area contributed by atoms with Gasteiger partial charge in [-0.05, 0) is 43.5 Å². The molecule has 7 heteroatoms. The molecule has 1 aliphatic rings. The molecule has 1 aromatic carbocycles. The van der Waals surface area contributed by atoms with Crippen molar-refractivity contribution in [2.75, 3.05) is 11.9 Å². The zero-order chi connectivity index (χ0) is 17.2. The van der Waals surface area contributed by atoms with Crippen LogP contribution in [0.3, 0.4) is 0 Å². The zero-order valence-electron chi connectivity index (χ0n) is 13.9. The average molecular weight is 358 g/mol. The van der Waals surface area contributed by atoms with Gasteiger partial charge in [0.25, 0.3) is 0 Å². The topological polar surface area (TPSA) is 64.7 Å². The molecule has 6 nitrogen and oxygen atoms in total. The monoisotopic (exact) mass is 357 g/mol. The molecule has 2 aromatic heterocycles. The maximum atomic E-state index is 12.3. The molecule has 0 unspecified atom stereocenters. The Kier molecular flexibility index (Phi) is 4.44. The van der Waals surface area contributed by atoms with Crippen molar-refractivity contribution in [1.29, 1.82) is 0 Å². The van der Waals surface area contributed by atoms with E-state index in [0.717, 1.165) is 61.2 Å². The van der Waals surface area contributed by atoms with Crippen LogP contribution < -0.4 is 11.0 Å². The van der Waals surface area contributed by atoms with E-state index in [0.29, 0.717) is 11.6 Å². The second kappa shape index (κ2) is 6.88. The fourth-order valence-corrected chi connectivity index (χ4v) is 3.49. The van der Waals surface area contributed by atoms with E-state index in [1.165, 1.54) is 0 Å². The fraction of sp³-hybridized carbons (Fsp3) is 0.389.